The van der Waals surface area contributed by atoms with Crippen LogP contribution in [0.4, 0.5) is 0 Å². The first kappa shape index (κ1) is 14.8. The van der Waals surface area contributed by atoms with E-state index in [2.05, 4.69) is 24.4 Å². The normalized spacial score (nSPS) is 21.3. The Hall–Kier alpha value is -0.570. The number of nitrogens with one attached hydrogen (secondary N) is 1. The van der Waals surface area contributed by atoms with Gasteiger partial charge in [-0.05, 0) is 56.3 Å². The Morgan fingerprint density at radius 3 is 3.00 bits per heavy atom. The molecule has 0 amide bonds. The zero-order valence-electron chi connectivity index (χ0n) is 11.7. The van der Waals surface area contributed by atoms with Crippen molar-refractivity contribution in [2.24, 2.45) is 0 Å². The number of hydrogen-bond donors (Lipinski definition) is 1. The highest BCUT2D eigenvalue weighted by Crippen LogP contribution is 2.19. The average Bonchev–Trinajstić information content (AvgIpc) is 2.40. The lowest BCUT2D eigenvalue weighted by Gasteiger charge is -2.27. The summed E-state index contributed by atoms with van der Waals surface area (Å²) in [6.07, 6.45) is 6.28. The summed E-state index contributed by atoms with van der Waals surface area (Å²) in [6.45, 7) is 4.09. The van der Waals surface area contributed by atoms with Crippen LogP contribution in [-0.4, -0.2) is 25.3 Å². The van der Waals surface area contributed by atoms with Gasteiger partial charge in [0.2, 0.25) is 0 Å². The van der Waals surface area contributed by atoms with Gasteiger partial charge in [0.05, 0.1) is 6.10 Å². The van der Waals surface area contributed by atoms with Crippen molar-refractivity contribution < 1.29 is 4.74 Å². The van der Waals surface area contributed by atoms with Gasteiger partial charge in [-0.3, -0.25) is 0 Å². The Balaban J connectivity index is 1.91. The third-order valence-electron chi connectivity index (χ3n) is 3.69. The Labute approximate surface area is 121 Å². The van der Waals surface area contributed by atoms with Crippen LogP contribution in [0.1, 0.15) is 38.2 Å². The van der Waals surface area contributed by atoms with Crippen molar-refractivity contribution in [1.29, 1.82) is 0 Å². The summed E-state index contributed by atoms with van der Waals surface area (Å²) in [5.41, 5.74) is 1.30. The fourth-order valence-electron chi connectivity index (χ4n) is 2.79. The molecule has 1 saturated heterocycles. The third kappa shape index (κ3) is 5.13. The first-order chi connectivity index (χ1) is 9.28. The van der Waals surface area contributed by atoms with E-state index in [0.717, 1.165) is 31.0 Å². The maximum atomic E-state index is 6.05. The zero-order valence-corrected chi connectivity index (χ0v) is 12.5. The molecule has 0 radical (unpaired) electrons. The van der Waals surface area contributed by atoms with Crippen molar-refractivity contribution in [3.8, 4) is 0 Å². The highest BCUT2D eigenvalue weighted by molar-refractivity contribution is 6.30. The molecular formula is C16H24ClNO. The van der Waals surface area contributed by atoms with Crippen molar-refractivity contribution in [3.05, 3.63) is 34.9 Å². The molecule has 2 atom stereocenters. The van der Waals surface area contributed by atoms with Crippen LogP contribution >= 0.6 is 11.6 Å². The second-order valence-electron chi connectivity index (χ2n) is 5.31. The second-order valence-corrected chi connectivity index (χ2v) is 5.75. The molecule has 1 N–H and O–H groups in total. The minimum Gasteiger partial charge on any atom is -0.378 e. The predicted octanol–water partition coefficient (Wildman–Crippen LogP) is 3.82. The lowest BCUT2D eigenvalue weighted by atomic mass is 9.97. The Bertz CT molecular complexity index is 377. The standard InChI is InChI=1S/C16H24ClNO/c1-2-18-15(12-16-8-3-4-9-19-16)11-13-6-5-7-14(17)10-13/h5-7,10,15-16,18H,2-4,8-9,11-12H2,1H3. The number of rotatable bonds is 6. The van der Waals surface area contributed by atoms with Gasteiger partial charge in [-0.2, -0.15) is 0 Å². The van der Waals surface area contributed by atoms with Gasteiger partial charge in [0.1, 0.15) is 0 Å². The maximum Gasteiger partial charge on any atom is 0.0590 e. The monoisotopic (exact) mass is 281 g/mol. The number of ether oxygens (including phenoxy) is 1. The summed E-state index contributed by atoms with van der Waals surface area (Å²) in [7, 11) is 0. The van der Waals surface area contributed by atoms with E-state index in [-0.39, 0.29) is 0 Å². The molecule has 0 spiro atoms. The number of likely N-dealkylation sites (N-methyl/N-ethyl adjacent to an activating group) is 1. The fraction of sp³-hybridized carbons (Fsp3) is 0.625. The van der Waals surface area contributed by atoms with Crippen LogP contribution in [0, 0.1) is 0 Å². The molecule has 2 rings (SSSR count). The van der Waals surface area contributed by atoms with Gasteiger partial charge in [-0.1, -0.05) is 30.7 Å². The molecule has 2 nitrogen and oxygen atoms in total. The maximum absolute atomic E-state index is 6.05. The van der Waals surface area contributed by atoms with Gasteiger partial charge in [0.25, 0.3) is 0 Å². The van der Waals surface area contributed by atoms with Gasteiger partial charge in [-0.15, -0.1) is 0 Å². The molecule has 0 aromatic heterocycles. The van der Waals surface area contributed by atoms with E-state index in [9.17, 15) is 0 Å². The quantitative estimate of drug-likeness (QED) is 0.856. The van der Waals surface area contributed by atoms with Crippen molar-refractivity contribution >= 4 is 11.6 Å². The Kier molecular flexibility index (Phi) is 6.15. The predicted molar refractivity (Wildman–Crippen MR) is 80.8 cm³/mol. The van der Waals surface area contributed by atoms with E-state index in [0.29, 0.717) is 12.1 Å². The molecule has 0 saturated carbocycles. The van der Waals surface area contributed by atoms with Crippen LogP contribution in [-0.2, 0) is 11.2 Å². The van der Waals surface area contributed by atoms with Crippen LogP contribution in [0.25, 0.3) is 0 Å². The van der Waals surface area contributed by atoms with Crippen molar-refractivity contribution in [1.82, 2.24) is 5.32 Å². The molecule has 19 heavy (non-hydrogen) atoms. The molecular weight excluding hydrogens is 258 g/mol. The fourth-order valence-corrected chi connectivity index (χ4v) is 3.00. The summed E-state index contributed by atoms with van der Waals surface area (Å²) in [5.74, 6) is 0. The van der Waals surface area contributed by atoms with Crippen LogP contribution < -0.4 is 5.32 Å². The Morgan fingerprint density at radius 2 is 2.32 bits per heavy atom. The molecule has 1 heterocycles. The van der Waals surface area contributed by atoms with Gasteiger partial charge in [0.15, 0.2) is 0 Å². The van der Waals surface area contributed by atoms with Gasteiger partial charge in [0, 0.05) is 17.7 Å². The van der Waals surface area contributed by atoms with E-state index in [4.69, 9.17) is 16.3 Å². The molecule has 2 unspecified atom stereocenters. The van der Waals surface area contributed by atoms with E-state index >= 15 is 0 Å². The minimum absolute atomic E-state index is 0.428. The van der Waals surface area contributed by atoms with Crippen molar-refractivity contribution in [3.63, 3.8) is 0 Å². The molecule has 1 fully saturated rings. The van der Waals surface area contributed by atoms with Crippen molar-refractivity contribution in [2.75, 3.05) is 13.2 Å². The summed E-state index contributed by atoms with van der Waals surface area (Å²) >= 11 is 6.05. The van der Waals surface area contributed by atoms with Crippen LogP contribution in [0.5, 0.6) is 0 Å². The molecule has 3 heteroatoms. The van der Waals surface area contributed by atoms with E-state index in [1.54, 1.807) is 0 Å². The topological polar surface area (TPSA) is 21.3 Å². The molecule has 0 aliphatic carbocycles. The van der Waals surface area contributed by atoms with Gasteiger partial charge >= 0.3 is 0 Å². The molecule has 0 bridgehead atoms. The molecule has 106 valence electrons. The van der Waals surface area contributed by atoms with Gasteiger partial charge in [-0.25, -0.2) is 0 Å². The lowest BCUT2D eigenvalue weighted by molar-refractivity contribution is 0.00535. The third-order valence-corrected chi connectivity index (χ3v) is 3.92. The first-order valence-electron chi connectivity index (χ1n) is 7.37. The molecule has 1 aromatic carbocycles. The van der Waals surface area contributed by atoms with E-state index < -0.39 is 0 Å². The van der Waals surface area contributed by atoms with Gasteiger partial charge < -0.3 is 10.1 Å². The minimum atomic E-state index is 0.428. The highest BCUT2D eigenvalue weighted by atomic mass is 35.5. The molecule has 1 aromatic rings. The molecule has 1 aliphatic rings. The molecule has 1 aliphatic heterocycles. The lowest BCUT2D eigenvalue weighted by Crippen LogP contribution is -2.36. The highest BCUT2D eigenvalue weighted by Gasteiger charge is 2.19. The summed E-state index contributed by atoms with van der Waals surface area (Å²) in [6, 6.07) is 8.65. The number of benzene rings is 1. The SMILES string of the molecule is CCNC(Cc1cccc(Cl)c1)CC1CCCCO1. The average molecular weight is 282 g/mol. The summed E-state index contributed by atoms with van der Waals surface area (Å²) in [5, 5.41) is 4.40. The summed E-state index contributed by atoms with van der Waals surface area (Å²) in [4.78, 5) is 0. The van der Waals surface area contributed by atoms with E-state index in [1.165, 1.54) is 24.8 Å². The first-order valence-corrected chi connectivity index (χ1v) is 7.75. The van der Waals surface area contributed by atoms with Crippen LogP contribution in [0.15, 0.2) is 24.3 Å². The smallest absolute Gasteiger partial charge is 0.0590 e. The van der Waals surface area contributed by atoms with Crippen LogP contribution in [0.3, 0.4) is 0 Å². The van der Waals surface area contributed by atoms with Crippen LogP contribution in [0.2, 0.25) is 5.02 Å². The van der Waals surface area contributed by atoms with E-state index in [1.807, 2.05) is 12.1 Å². The largest absolute Gasteiger partial charge is 0.378 e. The van der Waals surface area contributed by atoms with Crippen molar-refractivity contribution in [2.45, 2.75) is 51.2 Å². The second kappa shape index (κ2) is 7.88. The zero-order chi connectivity index (χ0) is 13.5. The number of hydrogen-bond acceptors (Lipinski definition) is 2. The number of halogens is 1. The summed E-state index contributed by atoms with van der Waals surface area (Å²) < 4.78 is 5.85. The Morgan fingerprint density at radius 1 is 1.42 bits per heavy atom.